The lowest BCUT2D eigenvalue weighted by Crippen LogP contribution is -2.04. The molecule has 0 spiro atoms. The lowest BCUT2D eigenvalue weighted by atomic mass is 9.92. The number of nitrogens with zero attached hydrogens (tertiary/aromatic N) is 6. The molecule has 3 aromatic heterocycles. The zero-order valence-electron chi connectivity index (χ0n) is 34.5. The van der Waals surface area contributed by atoms with Crippen LogP contribution in [-0.2, 0) is 38.9 Å². The topological polar surface area (TPSA) is 53.5 Å². The van der Waals surface area contributed by atoms with Crippen LogP contribution in [0.2, 0.25) is 0 Å². The van der Waals surface area contributed by atoms with Crippen LogP contribution in [-0.4, -0.2) is 28.7 Å². The Hall–Kier alpha value is -7.05. The predicted octanol–water partition coefficient (Wildman–Crippen LogP) is 12.6. The highest BCUT2D eigenvalue weighted by atomic mass is 15.1. The molecule has 0 amide bonds. The van der Waals surface area contributed by atoms with Crippen LogP contribution in [0.4, 0.5) is 0 Å². The molecule has 6 heteroatoms. The first-order valence-corrected chi connectivity index (χ1v) is 21.3. The molecule has 0 radical (unpaired) electrons. The molecule has 10 aromatic rings. The Morgan fingerprint density at radius 3 is 0.850 bits per heavy atom. The molecule has 0 atom stereocenters. The van der Waals surface area contributed by atoms with Crippen molar-refractivity contribution >= 4 is 33.1 Å². The maximum Gasteiger partial charge on any atom is 0.109 e. The number of aryl methyl sites for hydroxylation is 3. The molecule has 60 heavy (non-hydrogen) atoms. The molecule has 10 rings (SSSR count). The Bertz CT molecular complexity index is 2760. The van der Waals surface area contributed by atoms with Gasteiger partial charge in [0.2, 0.25) is 0 Å². The second kappa shape index (κ2) is 16.0. The monoisotopic (exact) mass is 780 g/mol. The van der Waals surface area contributed by atoms with Crippen molar-refractivity contribution in [1.82, 2.24) is 28.7 Å². The van der Waals surface area contributed by atoms with Gasteiger partial charge in [0.05, 0.1) is 33.1 Å². The summed E-state index contributed by atoms with van der Waals surface area (Å²) < 4.78 is 7.06. The quantitative estimate of drug-likeness (QED) is 0.124. The van der Waals surface area contributed by atoms with Crippen LogP contribution in [0.25, 0.3) is 66.5 Å². The summed E-state index contributed by atoms with van der Waals surface area (Å²) in [6.07, 6.45) is 2.68. The van der Waals surface area contributed by atoms with E-state index in [1.807, 2.05) is 0 Å². The minimum absolute atomic E-state index is 0.789. The first-order valence-electron chi connectivity index (χ1n) is 21.3. The average Bonchev–Trinajstić information content (AvgIpc) is 3.97. The largest absolute Gasteiger partial charge is 0.323 e. The predicted molar refractivity (Wildman–Crippen MR) is 247 cm³/mol. The lowest BCUT2D eigenvalue weighted by molar-refractivity contribution is 0.753. The third-order valence-corrected chi connectivity index (χ3v) is 12.0. The average molecular weight is 781 g/mol. The standard InChI is InChI=1S/C54H48N6/c1-4-52-55-46-13-7-10-16-49(46)58(52)34-37-19-25-40(26-20-37)43-31-44(41-27-21-38(22-28-41)35-59-50-17-11-8-14-47(50)56-53(59)5-2)33-45(32-43)42-29-23-39(24-30-42)36-60-51-18-12-9-15-48(51)57-54(60)6-3/h7-33H,4-6,34-36H2,1-3H3. The zero-order valence-corrected chi connectivity index (χ0v) is 34.5. The van der Waals surface area contributed by atoms with Crippen molar-refractivity contribution in [3.8, 4) is 33.4 Å². The summed E-state index contributed by atoms with van der Waals surface area (Å²) in [7, 11) is 0. The van der Waals surface area contributed by atoms with Crippen molar-refractivity contribution in [3.63, 3.8) is 0 Å². The van der Waals surface area contributed by atoms with E-state index in [2.05, 4.69) is 198 Å². The van der Waals surface area contributed by atoms with Crippen LogP contribution in [0, 0.1) is 0 Å². The third-order valence-electron chi connectivity index (χ3n) is 12.0. The van der Waals surface area contributed by atoms with Crippen LogP contribution in [0.5, 0.6) is 0 Å². The number of para-hydroxylation sites is 6. The number of imidazole rings is 3. The lowest BCUT2D eigenvalue weighted by Gasteiger charge is -2.14. The number of hydrogen-bond donors (Lipinski definition) is 0. The Labute approximate surface area is 351 Å². The highest BCUT2D eigenvalue weighted by Gasteiger charge is 2.14. The molecule has 3 heterocycles. The van der Waals surface area contributed by atoms with Crippen molar-refractivity contribution in [2.45, 2.75) is 59.7 Å². The van der Waals surface area contributed by atoms with Gasteiger partial charge in [0, 0.05) is 38.9 Å². The summed E-state index contributed by atoms with van der Waals surface area (Å²) in [5.41, 5.74) is 17.6. The fraction of sp³-hybridized carbons (Fsp3) is 0.167. The van der Waals surface area contributed by atoms with Crippen molar-refractivity contribution < 1.29 is 0 Å². The number of benzene rings is 7. The summed E-state index contributed by atoms with van der Waals surface area (Å²) in [5.74, 6) is 3.34. The molecule has 7 aromatic carbocycles. The summed E-state index contributed by atoms with van der Waals surface area (Å²) in [6, 6.07) is 59.6. The van der Waals surface area contributed by atoms with E-state index in [1.165, 1.54) is 66.6 Å². The van der Waals surface area contributed by atoms with Gasteiger partial charge < -0.3 is 13.7 Å². The second-order valence-corrected chi connectivity index (χ2v) is 15.8. The molecule has 0 unspecified atom stereocenters. The van der Waals surface area contributed by atoms with E-state index >= 15 is 0 Å². The van der Waals surface area contributed by atoms with E-state index < -0.39 is 0 Å². The van der Waals surface area contributed by atoms with Crippen molar-refractivity contribution in [1.29, 1.82) is 0 Å². The maximum absolute atomic E-state index is 4.91. The molecule has 0 aliphatic carbocycles. The van der Waals surface area contributed by atoms with Crippen LogP contribution in [0.3, 0.4) is 0 Å². The molecular formula is C54H48N6. The number of rotatable bonds is 12. The van der Waals surface area contributed by atoms with Crippen LogP contribution in [0.1, 0.15) is 54.9 Å². The molecule has 0 aliphatic rings. The van der Waals surface area contributed by atoms with Crippen molar-refractivity contribution in [2.24, 2.45) is 0 Å². The SMILES string of the molecule is CCc1nc2ccccc2n1Cc1ccc(-c2cc(-c3ccc(Cn4c(CC)nc5ccccc54)cc3)cc(-c3ccc(Cn4c(CC)nc5ccccc54)cc3)c2)cc1. The van der Waals surface area contributed by atoms with Crippen molar-refractivity contribution in [3.05, 3.63) is 198 Å². The van der Waals surface area contributed by atoms with E-state index in [4.69, 9.17) is 15.0 Å². The highest BCUT2D eigenvalue weighted by molar-refractivity contribution is 5.82. The van der Waals surface area contributed by atoms with Crippen LogP contribution in [0.15, 0.2) is 164 Å². The fourth-order valence-corrected chi connectivity index (χ4v) is 8.80. The fourth-order valence-electron chi connectivity index (χ4n) is 8.80. The van der Waals surface area contributed by atoms with Gasteiger partial charge in [0.25, 0.3) is 0 Å². The first kappa shape index (κ1) is 37.2. The minimum Gasteiger partial charge on any atom is -0.323 e. The normalized spacial score (nSPS) is 11.7. The molecule has 0 fully saturated rings. The highest BCUT2D eigenvalue weighted by Crippen LogP contribution is 2.34. The second-order valence-electron chi connectivity index (χ2n) is 15.8. The van der Waals surface area contributed by atoms with Gasteiger partial charge in [-0.15, -0.1) is 0 Å². The van der Waals surface area contributed by atoms with Gasteiger partial charge in [-0.1, -0.05) is 130 Å². The summed E-state index contributed by atoms with van der Waals surface area (Å²) >= 11 is 0. The number of aromatic nitrogens is 6. The summed E-state index contributed by atoms with van der Waals surface area (Å²) in [5, 5.41) is 0. The molecular weight excluding hydrogens is 733 g/mol. The van der Waals surface area contributed by atoms with E-state index in [9.17, 15) is 0 Å². The summed E-state index contributed by atoms with van der Waals surface area (Å²) in [4.78, 5) is 14.7. The molecule has 0 N–H and O–H groups in total. The third kappa shape index (κ3) is 7.08. The molecule has 0 aliphatic heterocycles. The molecule has 0 saturated carbocycles. The molecule has 294 valence electrons. The van der Waals surface area contributed by atoms with Gasteiger partial charge in [-0.25, -0.2) is 15.0 Å². The molecule has 6 nitrogen and oxygen atoms in total. The molecule has 0 saturated heterocycles. The van der Waals surface area contributed by atoms with Gasteiger partial charge in [-0.3, -0.25) is 0 Å². The minimum atomic E-state index is 0.789. The Morgan fingerprint density at radius 2 is 0.583 bits per heavy atom. The smallest absolute Gasteiger partial charge is 0.109 e. The van der Waals surface area contributed by atoms with E-state index in [1.54, 1.807) is 0 Å². The first-order chi connectivity index (χ1) is 29.5. The van der Waals surface area contributed by atoms with E-state index in [0.717, 1.165) is 72.9 Å². The van der Waals surface area contributed by atoms with E-state index in [0.29, 0.717) is 0 Å². The van der Waals surface area contributed by atoms with Crippen molar-refractivity contribution in [2.75, 3.05) is 0 Å². The van der Waals surface area contributed by atoms with Crippen LogP contribution < -0.4 is 0 Å². The summed E-state index contributed by atoms with van der Waals surface area (Å²) in [6.45, 7) is 8.91. The van der Waals surface area contributed by atoms with Gasteiger partial charge in [0.15, 0.2) is 0 Å². The Balaban J connectivity index is 0.985. The van der Waals surface area contributed by atoms with Gasteiger partial charge in [0.1, 0.15) is 17.5 Å². The van der Waals surface area contributed by atoms with Gasteiger partial charge in [-0.05, 0) is 105 Å². The number of hydrogen-bond acceptors (Lipinski definition) is 3. The van der Waals surface area contributed by atoms with Gasteiger partial charge >= 0.3 is 0 Å². The maximum atomic E-state index is 4.91. The zero-order chi connectivity index (χ0) is 40.6. The number of fused-ring (bicyclic) bond motifs is 3. The Kier molecular flexibility index (Phi) is 9.90. The van der Waals surface area contributed by atoms with E-state index in [-0.39, 0.29) is 0 Å². The molecule has 0 bridgehead atoms. The van der Waals surface area contributed by atoms with Crippen LogP contribution >= 0.6 is 0 Å². The Morgan fingerprint density at radius 1 is 0.317 bits per heavy atom. The van der Waals surface area contributed by atoms with Gasteiger partial charge in [-0.2, -0.15) is 0 Å².